The third kappa shape index (κ3) is 10.5. The van der Waals surface area contributed by atoms with Crippen molar-refractivity contribution < 1.29 is 46.5 Å². The molecule has 8 rings (SSSR count). The molecule has 0 spiro atoms. The number of hydrogen-bond donors (Lipinski definition) is 1. The second kappa shape index (κ2) is 20.1. The first kappa shape index (κ1) is 43.2. The van der Waals surface area contributed by atoms with Crippen LogP contribution in [0.1, 0.15) is 55.8 Å². The Kier molecular flexibility index (Phi) is 14.0. The topological polar surface area (TPSA) is 122 Å². The van der Waals surface area contributed by atoms with E-state index < -0.39 is 23.3 Å². The molecule has 2 saturated heterocycles. The van der Waals surface area contributed by atoms with Crippen LogP contribution in [0.4, 0.5) is 28.9 Å². The molecule has 0 bridgehead atoms. The van der Waals surface area contributed by atoms with Crippen LogP contribution in [-0.2, 0) is 17.6 Å². The molecule has 1 N–H and O–H groups in total. The Bertz CT molecular complexity index is 2520. The molecule has 2 aliphatic heterocycles. The van der Waals surface area contributed by atoms with Crippen LogP contribution in [0, 0.1) is 23.3 Å². The number of halogens is 4. The summed E-state index contributed by atoms with van der Waals surface area (Å²) in [6.07, 6.45) is 5.20. The van der Waals surface area contributed by atoms with Gasteiger partial charge in [0.05, 0.1) is 13.1 Å². The fourth-order valence-electron chi connectivity index (χ4n) is 7.50. The van der Waals surface area contributed by atoms with Crippen LogP contribution in [0.3, 0.4) is 0 Å². The van der Waals surface area contributed by atoms with Crippen molar-refractivity contribution >= 4 is 29.2 Å². The summed E-state index contributed by atoms with van der Waals surface area (Å²) in [4.78, 5) is 48.8. The van der Waals surface area contributed by atoms with E-state index in [1.54, 1.807) is 30.3 Å². The van der Waals surface area contributed by atoms with Gasteiger partial charge in [-0.15, -0.1) is 0 Å². The third-order valence-corrected chi connectivity index (χ3v) is 10.6. The molecule has 2 aliphatic rings. The van der Waals surface area contributed by atoms with Gasteiger partial charge in [-0.1, -0.05) is 0 Å². The average Bonchev–Trinajstić information content (AvgIpc) is 3.96. The monoisotopic (exact) mass is 846 g/mol. The second-order valence-corrected chi connectivity index (χ2v) is 14.7. The first-order valence-electron chi connectivity index (χ1n) is 20.0. The summed E-state index contributed by atoms with van der Waals surface area (Å²) in [7, 11) is 0. The van der Waals surface area contributed by atoms with Gasteiger partial charge < -0.3 is 29.2 Å². The lowest BCUT2D eigenvalue weighted by Gasteiger charge is -2.22. The zero-order valence-corrected chi connectivity index (χ0v) is 33.4. The minimum atomic E-state index is -0.508. The van der Waals surface area contributed by atoms with Gasteiger partial charge in [0.15, 0.2) is 23.2 Å². The van der Waals surface area contributed by atoms with Crippen LogP contribution in [0.2, 0.25) is 0 Å². The minimum absolute atomic E-state index is 0.00910. The Labute approximate surface area is 355 Å². The van der Waals surface area contributed by atoms with E-state index >= 15 is 0 Å². The summed E-state index contributed by atoms with van der Waals surface area (Å²) in [6.45, 7) is 2.35. The molecule has 4 aromatic carbocycles. The molecule has 0 aliphatic carbocycles. The van der Waals surface area contributed by atoms with Gasteiger partial charge in [0.25, 0.3) is 11.8 Å². The van der Waals surface area contributed by atoms with Crippen LogP contribution >= 0.6 is 0 Å². The fraction of sp³-hybridized carbons (Fsp3) is 0.229. The van der Waals surface area contributed by atoms with Gasteiger partial charge in [-0.3, -0.25) is 9.59 Å². The number of aliphatic hydroxyl groups excluding tert-OH is 1. The highest BCUT2D eigenvalue weighted by Gasteiger charge is 2.29. The standard InChI is InChI=1S/C24H22F2N2O3.C24H20F2N2O3/c2*25-19-6-3-16(4-7-19)23(30)18-5-8-22(17(14-18)10-13-29)28-12-9-20(15-28)31-24-21(26)2-1-11-27-24/h1-8,11,14,20,29H,9-10,12-13,15H2;1-8,11,13-14,20H,9-10,12,15H2/t2*20-/m00/s1. The molecule has 2 fully saturated rings. The van der Waals surface area contributed by atoms with Gasteiger partial charge in [-0.2, -0.15) is 0 Å². The number of ketones is 2. The summed E-state index contributed by atoms with van der Waals surface area (Å²) in [5, 5.41) is 9.52. The lowest BCUT2D eigenvalue weighted by Crippen LogP contribution is -2.26. The molecule has 2 atom stereocenters. The number of anilines is 2. The van der Waals surface area contributed by atoms with E-state index in [0.29, 0.717) is 73.3 Å². The quantitative estimate of drug-likeness (QED) is 0.0661. The maximum atomic E-state index is 13.8. The normalized spacial score (nSPS) is 15.8. The van der Waals surface area contributed by atoms with Crippen molar-refractivity contribution in [3.05, 3.63) is 178 Å². The number of aromatic nitrogens is 2. The largest absolute Gasteiger partial charge is 0.470 e. The van der Waals surface area contributed by atoms with Crippen LogP contribution in [-0.4, -0.2) is 77.9 Å². The van der Waals surface area contributed by atoms with Gasteiger partial charge in [-0.05, 0) is 127 Å². The number of rotatable bonds is 14. The number of hydrogen-bond acceptors (Lipinski definition) is 10. The first-order chi connectivity index (χ1) is 30.1. The highest BCUT2D eigenvalue weighted by atomic mass is 19.1. The Morgan fingerprint density at radius 1 is 0.629 bits per heavy atom. The van der Waals surface area contributed by atoms with Crippen molar-refractivity contribution in [2.75, 3.05) is 42.6 Å². The number of ether oxygens (including phenoxy) is 2. The van der Waals surface area contributed by atoms with E-state index in [9.17, 15) is 37.1 Å². The Balaban J connectivity index is 0.000000186. The van der Waals surface area contributed by atoms with Gasteiger partial charge in [0.1, 0.15) is 30.1 Å². The maximum Gasteiger partial charge on any atom is 0.250 e. The zero-order valence-electron chi connectivity index (χ0n) is 33.4. The second-order valence-electron chi connectivity index (χ2n) is 14.7. The van der Waals surface area contributed by atoms with Crippen molar-refractivity contribution in [1.82, 2.24) is 9.97 Å². The summed E-state index contributed by atoms with van der Waals surface area (Å²) in [5.41, 5.74) is 4.95. The van der Waals surface area contributed by atoms with Gasteiger partial charge in [0.2, 0.25) is 0 Å². The molecular weight excluding hydrogens is 805 g/mol. The Morgan fingerprint density at radius 3 is 1.50 bits per heavy atom. The number of pyridine rings is 2. The van der Waals surface area contributed by atoms with Crippen LogP contribution in [0.5, 0.6) is 11.8 Å². The van der Waals surface area contributed by atoms with E-state index in [4.69, 9.17) is 9.47 Å². The highest BCUT2D eigenvalue weighted by molar-refractivity contribution is 6.10. The average molecular weight is 847 g/mol. The number of carbonyl (C=O) groups excluding carboxylic acids is 3. The summed E-state index contributed by atoms with van der Waals surface area (Å²) >= 11 is 0. The van der Waals surface area contributed by atoms with Crippen molar-refractivity contribution in [3.8, 4) is 11.8 Å². The minimum Gasteiger partial charge on any atom is -0.470 e. The summed E-state index contributed by atoms with van der Waals surface area (Å²) < 4.78 is 65.4. The van der Waals surface area contributed by atoms with E-state index in [2.05, 4.69) is 19.8 Å². The third-order valence-electron chi connectivity index (χ3n) is 10.6. The van der Waals surface area contributed by atoms with E-state index in [1.807, 2.05) is 6.07 Å². The smallest absolute Gasteiger partial charge is 0.250 e. The number of benzene rings is 4. The maximum absolute atomic E-state index is 13.8. The van der Waals surface area contributed by atoms with Crippen molar-refractivity contribution in [2.45, 2.75) is 37.9 Å². The van der Waals surface area contributed by atoms with Gasteiger partial charge >= 0.3 is 0 Å². The van der Waals surface area contributed by atoms with E-state index in [0.717, 1.165) is 23.2 Å². The highest BCUT2D eigenvalue weighted by Crippen LogP contribution is 2.31. The molecule has 14 heteroatoms. The van der Waals surface area contributed by atoms with Gasteiger partial charge in [-0.25, -0.2) is 27.5 Å². The van der Waals surface area contributed by atoms with Crippen LogP contribution < -0.4 is 19.3 Å². The molecule has 0 saturated carbocycles. The van der Waals surface area contributed by atoms with Crippen molar-refractivity contribution in [1.29, 1.82) is 0 Å². The van der Waals surface area contributed by atoms with Gasteiger partial charge in [0, 0.05) is 85.0 Å². The molecule has 6 aromatic rings. The SMILES string of the molecule is O=C(c1ccc(F)cc1)c1ccc(N2CC[C@H](Oc3ncccc3F)C2)c(CCO)c1.O=CCc1cc(C(=O)c2ccc(F)cc2)ccc1N1CC[C@H](Oc2ncccc2F)C1. The summed E-state index contributed by atoms with van der Waals surface area (Å²) in [6, 6.07) is 26.9. The van der Waals surface area contributed by atoms with Crippen molar-refractivity contribution in [2.24, 2.45) is 0 Å². The van der Waals surface area contributed by atoms with E-state index in [1.165, 1.54) is 85.2 Å². The number of nitrogens with zero attached hydrogens (tertiary/aromatic N) is 4. The van der Waals surface area contributed by atoms with E-state index in [-0.39, 0.29) is 48.6 Å². The molecule has 62 heavy (non-hydrogen) atoms. The lowest BCUT2D eigenvalue weighted by atomic mass is 9.98. The summed E-state index contributed by atoms with van der Waals surface area (Å²) in [5.74, 6) is -2.30. The van der Waals surface area contributed by atoms with Crippen molar-refractivity contribution in [3.63, 3.8) is 0 Å². The Morgan fingerprint density at radius 2 is 1.06 bits per heavy atom. The molecular formula is C48H42F4N4O6. The zero-order chi connectivity index (χ0) is 43.6. The number of aldehydes is 1. The molecule has 0 radical (unpaired) electrons. The number of aliphatic hydroxyl groups is 1. The molecule has 10 nitrogen and oxygen atoms in total. The Hall–Kier alpha value is -6.93. The molecule has 0 amide bonds. The molecule has 318 valence electrons. The molecule has 4 heterocycles. The fourth-order valence-corrected chi connectivity index (χ4v) is 7.50. The first-order valence-corrected chi connectivity index (χ1v) is 20.0. The predicted molar refractivity (Wildman–Crippen MR) is 224 cm³/mol. The lowest BCUT2D eigenvalue weighted by molar-refractivity contribution is -0.107. The number of carbonyl (C=O) groups is 3. The van der Waals surface area contributed by atoms with Crippen LogP contribution in [0.15, 0.2) is 122 Å². The molecule has 2 aromatic heterocycles. The predicted octanol–water partition coefficient (Wildman–Crippen LogP) is 7.77. The van der Waals surface area contributed by atoms with Crippen LogP contribution in [0.25, 0.3) is 0 Å². The molecule has 0 unspecified atom stereocenters.